The predicted octanol–water partition coefficient (Wildman–Crippen LogP) is 1.86. The second-order valence-corrected chi connectivity index (χ2v) is 7.86. The van der Waals surface area contributed by atoms with E-state index < -0.39 is 0 Å². The van der Waals surface area contributed by atoms with Crippen LogP contribution < -0.4 is 5.32 Å². The largest absolute Gasteiger partial charge is 0.379 e. The Morgan fingerprint density at radius 1 is 1.09 bits per heavy atom. The Hall–Kier alpha value is -0.940. The fourth-order valence-electron chi connectivity index (χ4n) is 3.61. The number of rotatable bonds is 5. The number of carbonyl (C=O) groups is 2. The fraction of sp³-hybridized carbons (Fsp3) is 0.889. The molecule has 0 radical (unpaired) electrons. The van der Waals surface area contributed by atoms with Crippen molar-refractivity contribution in [3.63, 3.8) is 0 Å². The summed E-state index contributed by atoms with van der Waals surface area (Å²) in [7, 11) is 0. The minimum absolute atomic E-state index is 0.0700. The molecule has 132 valence electrons. The molecule has 1 saturated carbocycles. The van der Waals surface area contributed by atoms with E-state index in [-0.39, 0.29) is 28.9 Å². The molecular formula is C18H32N2O3. The van der Waals surface area contributed by atoms with Crippen molar-refractivity contribution in [2.75, 3.05) is 39.4 Å². The lowest BCUT2D eigenvalue weighted by Gasteiger charge is -2.34. The SMILES string of the molecule is CC(C)(C)C(=O)C1CCCCC1C(=O)NCCN1CCOCC1. The normalized spacial score (nSPS) is 26.7. The lowest BCUT2D eigenvalue weighted by atomic mass is 9.70. The zero-order valence-electron chi connectivity index (χ0n) is 14.9. The summed E-state index contributed by atoms with van der Waals surface area (Å²) in [5, 5.41) is 3.06. The van der Waals surface area contributed by atoms with Crippen molar-refractivity contribution in [3.8, 4) is 0 Å². The van der Waals surface area contributed by atoms with Crippen LogP contribution in [0.1, 0.15) is 46.5 Å². The van der Waals surface area contributed by atoms with E-state index >= 15 is 0 Å². The number of ether oxygens (including phenoxy) is 1. The van der Waals surface area contributed by atoms with Crippen LogP contribution >= 0.6 is 0 Å². The summed E-state index contributed by atoms with van der Waals surface area (Å²) in [6.07, 6.45) is 3.81. The van der Waals surface area contributed by atoms with E-state index in [1.54, 1.807) is 0 Å². The van der Waals surface area contributed by atoms with Crippen LogP contribution in [0.2, 0.25) is 0 Å². The zero-order chi connectivity index (χ0) is 16.9. The first kappa shape index (κ1) is 18.4. The van der Waals surface area contributed by atoms with Gasteiger partial charge in [-0.15, -0.1) is 0 Å². The lowest BCUT2D eigenvalue weighted by molar-refractivity contribution is -0.139. The van der Waals surface area contributed by atoms with E-state index in [0.29, 0.717) is 6.54 Å². The maximum atomic E-state index is 12.7. The minimum Gasteiger partial charge on any atom is -0.379 e. The maximum Gasteiger partial charge on any atom is 0.223 e. The highest BCUT2D eigenvalue weighted by Gasteiger charge is 2.39. The molecule has 0 bridgehead atoms. The van der Waals surface area contributed by atoms with Gasteiger partial charge in [0.25, 0.3) is 0 Å². The van der Waals surface area contributed by atoms with Gasteiger partial charge in [-0.2, -0.15) is 0 Å². The number of amides is 1. The standard InChI is InChI=1S/C18H32N2O3/c1-18(2,3)16(21)14-6-4-5-7-15(14)17(22)19-8-9-20-10-12-23-13-11-20/h14-15H,4-13H2,1-3H3,(H,19,22). The number of hydrogen-bond acceptors (Lipinski definition) is 4. The molecule has 0 spiro atoms. The van der Waals surface area contributed by atoms with E-state index in [1.807, 2.05) is 20.8 Å². The molecule has 0 aromatic rings. The predicted molar refractivity (Wildman–Crippen MR) is 90.2 cm³/mol. The Bertz CT molecular complexity index is 411. The van der Waals surface area contributed by atoms with Gasteiger partial charge in [0, 0.05) is 43.4 Å². The van der Waals surface area contributed by atoms with E-state index in [9.17, 15) is 9.59 Å². The maximum absolute atomic E-state index is 12.7. The molecule has 2 atom stereocenters. The molecule has 2 aliphatic rings. The van der Waals surface area contributed by atoms with Crippen molar-refractivity contribution in [1.82, 2.24) is 10.2 Å². The molecular weight excluding hydrogens is 292 g/mol. The summed E-state index contributed by atoms with van der Waals surface area (Å²) in [6.45, 7) is 10.8. The van der Waals surface area contributed by atoms with Crippen LogP contribution in [0.25, 0.3) is 0 Å². The van der Waals surface area contributed by atoms with Crippen molar-refractivity contribution in [2.24, 2.45) is 17.3 Å². The summed E-state index contributed by atoms with van der Waals surface area (Å²) in [5.74, 6) is 0.0680. The van der Waals surface area contributed by atoms with Gasteiger partial charge in [0.05, 0.1) is 13.2 Å². The first-order valence-corrected chi connectivity index (χ1v) is 9.02. The first-order chi connectivity index (χ1) is 10.9. The molecule has 1 saturated heterocycles. The molecule has 1 N–H and O–H groups in total. The molecule has 1 aliphatic carbocycles. The first-order valence-electron chi connectivity index (χ1n) is 9.02. The Kier molecular flexibility index (Phi) is 6.60. The van der Waals surface area contributed by atoms with Gasteiger partial charge in [0.1, 0.15) is 5.78 Å². The van der Waals surface area contributed by atoms with Gasteiger partial charge in [-0.1, -0.05) is 33.6 Å². The third kappa shape index (κ3) is 5.28. The monoisotopic (exact) mass is 324 g/mol. The third-order valence-electron chi connectivity index (χ3n) is 5.01. The number of carbonyl (C=O) groups excluding carboxylic acids is 2. The fourth-order valence-corrected chi connectivity index (χ4v) is 3.61. The molecule has 0 aromatic heterocycles. The third-order valence-corrected chi connectivity index (χ3v) is 5.01. The van der Waals surface area contributed by atoms with E-state index in [1.165, 1.54) is 0 Å². The number of nitrogens with one attached hydrogen (secondary N) is 1. The van der Waals surface area contributed by atoms with Crippen LogP contribution in [0, 0.1) is 17.3 Å². The molecule has 0 aromatic carbocycles. The second kappa shape index (κ2) is 8.25. The Morgan fingerprint density at radius 2 is 1.70 bits per heavy atom. The van der Waals surface area contributed by atoms with Crippen LogP contribution in [0.5, 0.6) is 0 Å². The topological polar surface area (TPSA) is 58.6 Å². The minimum atomic E-state index is -0.367. The van der Waals surface area contributed by atoms with Gasteiger partial charge in [-0.05, 0) is 12.8 Å². The molecule has 1 amide bonds. The Morgan fingerprint density at radius 3 is 2.30 bits per heavy atom. The molecule has 1 aliphatic heterocycles. The van der Waals surface area contributed by atoms with Crippen molar-refractivity contribution in [3.05, 3.63) is 0 Å². The van der Waals surface area contributed by atoms with Crippen molar-refractivity contribution in [1.29, 1.82) is 0 Å². The van der Waals surface area contributed by atoms with Gasteiger partial charge >= 0.3 is 0 Å². The smallest absolute Gasteiger partial charge is 0.223 e. The molecule has 5 nitrogen and oxygen atoms in total. The van der Waals surface area contributed by atoms with Crippen molar-refractivity contribution < 1.29 is 14.3 Å². The summed E-state index contributed by atoms with van der Waals surface area (Å²) >= 11 is 0. The summed E-state index contributed by atoms with van der Waals surface area (Å²) in [5.41, 5.74) is -0.367. The molecule has 5 heteroatoms. The van der Waals surface area contributed by atoms with Crippen LogP contribution in [0.3, 0.4) is 0 Å². The Labute approximate surface area is 140 Å². The summed E-state index contributed by atoms with van der Waals surface area (Å²) in [6, 6.07) is 0. The number of nitrogens with zero attached hydrogens (tertiary/aromatic N) is 1. The number of hydrogen-bond donors (Lipinski definition) is 1. The molecule has 2 unspecified atom stereocenters. The van der Waals surface area contributed by atoms with Crippen LogP contribution in [-0.2, 0) is 14.3 Å². The number of Topliss-reactive ketones (excluding diaryl/α,β-unsaturated/α-hetero) is 1. The van der Waals surface area contributed by atoms with Gasteiger partial charge in [-0.3, -0.25) is 14.5 Å². The van der Waals surface area contributed by atoms with E-state index in [0.717, 1.165) is 58.5 Å². The average molecular weight is 324 g/mol. The molecule has 2 fully saturated rings. The van der Waals surface area contributed by atoms with Crippen molar-refractivity contribution >= 4 is 11.7 Å². The summed E-state index contributed by atoms with van der Waals surface area (Å²) in [4.78, 5) is 27.5. The number of ketones is 1. The van der Waals surface area contributed by atoms with Gasteiger partial charge in [0.15, 0.2) is 0 Å². The van der Waals surface area contributed by atoms with E-state index in [4.69, 9.17) is 4.74 Å². The highest BCUT2D eigenvalue weighted by molar-refractivity contribution is 5.91. The lowest BCUT2D eigenvalue weighted by Crippen LogP contribution is -2.46. The van der Waals surface area contributed by atoms with Crippen molar-refractivity contribution in [2.45, 2.75) is 46.5 Å². The van der Waals surface area contributed by atoms with Gasteiger partial charge in [-0.25, -0.2) is 0 Å². The van der Waals surface area contributed by atoms with E-state index in [2.05, 4.69) is 10.2 Å². The van der Waals surface area contributed by atoms with Crippen LogP contribution in [0.15, 0.2) is 0 Å². The molecule has 1 heterocycles. The molecule has 2 rings (SSSR count). The Balaban J connectivity index is 1.84. The van der Waals surface area contributed by atoms with Gasteiger partial charge in [0.2, 0.25) is 5.91 Å². The summed E-state index contributed by atoms with van der Waals surface area (Å²) < 4.78 is 5.33. The van der Waals surface area contributed by atoms with Crippen LogP contribution in [0.4, 0.5) is 0 Å². The highest BCUT2D eigenvalue weighted by Crippen LogP contribution is 2.35. The highest BCUT2D eigenvalue weighted by atomic mass is 16.5. The molecule has 23 heavy (non-hydrogen) atoms. The van der Waals surface area contributed by atoms with Gasteiger partial charge < -0.3 is 10.1 Å². The second-order valence-electron chi connectivity index (χ2n) is 7.86. The average Bonchev–Trinajstić information content (AvgIpc) is 2.54. The van der Waals surface area contributed by atoms with Crippen LogP contribution in [-0.4, -0.2) is 56.0 Å². The number of morpholine rings is 1. The quantitative estimate of drug-likeness (QED) is 0.838. The zero-order valence-corrected chi connectivity index (χ0v) is 14.9.